The number of aromatic amines is 1. The molecule has 1 aliphatic rings. The Labute approximate surface area is 182 Å². The van der Waals surface area contributed by atoms with Gasteiger partial charge in [0, 0.05) is 43.3 Å². The maximum Gasteiger partial charge on any atom is 0.215 e. The van der Waals surface area contributed by atoms with Crippen molar-refractivity contribution in [1.29, 1.82) is 0 Å². The Morgan fingerprint density at radius 3 is 2.77 bits per heavy atom. The van der Waals surface area contributed by atoms with Gasteiger partial charge in [-0.05, 0) is 49.7 Å². The Balaban J connectivity index is 1.31. The van der Waals surface area contributed by atoms with Gasteiger partial charge in [-0.25, -0.2) is 23.1 Å². The minimum atomic E-state index is -3.29. The Morgan fingerprint density at radius 2 is 2.03 bits per heavy atom. The van der Waals surface area contributed by atoms with E-state index in [1.807, 2.05) is 24.4 Å². The van der Waals surface area contributed by atoms with Gasteiger partial charge >= 0.3 is 0 Å². The quantitative estimate of drug-likeness (QED) is 0.482. The fourth-order valence-electron chi connectivity index (χ4n) is 4.05. The maximum atomic E-state index is 11.9. The lowest BCUT2D eigenvalue weighted by atomic mass is 10.1. The van der Waals surface area contributed by atoms with E-state index in [9.17, 15) is 13.5 Å². The summed E-state index contributed by atoms with van der Waals surface area (Å²) in [5.74, 6) is 0.706. The van der Waals surface area contributed by atoms with E-state index in [1.165, 1.54) is 25.1 Å². The van der Waals surface area contributed by atoms with Gasteiger partial charge in [0.25, 0.3) is 0 Å². The van der Waals surface area contributed by atoms with Crippen molar-refractivity contribution >= 4 is 26.7 Å². The molecule has 1 fully saturated rings. The van der Waals surface area contributed by atoms with E-state index in [1.54, 1.807) is 0 Å². The van der Waals surface area contributed by atoms with Crippen LogP contribution in [0.15, 0.2) is 36.9 Å². The summed E-state index contributed by atoms with van der Waals surface area (Å²) < 4.78 is 26.1. The molecule has 1 saturated heterocycles. The molecule has 0 spiro atoms. The summed E-state index contributed by atoms with van der Waals surface area (Å²) >= 11 is 0. The topological polar surface area (TPSA) is 114 Å². The van der Waals surface area contributed by atoms with E-state index in [2.05, 4.69) is 29.5 Å². The first-order chi connectivity index (χ1) is 14.9. The fraction of sp³-hybridized carbons (Fsp3) is 0.429. The van der Waals surface area contributed by atoms with Crippen LogP contribution in [0.3, 0.4) is 0 Å². The van der Waals surface area contributed by atoms with Crippen LogP contribution in [0, 0.1) is 0 Å². The molecule has 1 aliphatic heterocycles. The molecule has 9 nitrogen and oxygen atoms in total. The highest BCUT2D eigenvalue weighted by Crippen LogP contribution is 2.24. The Morgan fingerprint density at radius 1 is 1.23 bits per heavy atom. The Kier molecular flexibility index (Phi) is 6.40. The lowest BCUT2D eigenvalue weighted by molar-refractivity contribution is 0.254. The van der Waals surface area contributed by atoms with Crippen LogP contribution in [0.2, 0.25) is 0 Å². The van der Waals surface area contributed by atoms with E-state index < -0.39 is 10.0 Å². The Hall–Kier alpha value is -2.69. The molecule has 166 valence electrons. The van der Waals surface area contributed by atoms with Crippen molar-refractivity contribution in [2.75, 3.05) is 44.7 Å². The molecule has 31 heavy (non-hydrogen) atoms. The van der Waals surface area contributed by atoms with E-state index in [0.29, 0.717) is 5.82 Å². The first-order valence-corrected chi connectivity index (χ1v) is 12.1. The van der Waals surface area contributed by atoms with Crippen molar-refractivity contribution in [3.05, 3.63) is 48.0 Å². The highest BCUT2D eigenvalue weighted by atomic mass is 32.2. The summed E-state index contributed by atoms with van der Waals surface area (Å²) in [5.41, 5.74) is 3.02. The van der Waals surface area contributed by atoms with Crippen molar-refractivity contribution in [3.63, 3.8) is 0 Å². The minimum absolute atomic E-state index is 0.0176. The van der Waals surface area contributed by atoms with Crippen molar-refractivity contribution in [2.45, 2.75) is 18.6 Å². The van der Waals surface area contributed by atoms with Crippen LogP contribution in [0.25, 0.3) is 10.9 Å². The van der Waals surface area contributed by atoms with Gasteiger partial charge < -0.3 is 15.0 Å². The predicted octanol–water partition coefficient (Wildman–Crippen LogP) is 1.47. The number of hydrogen-bond acceptors (Lipinski definition) is 7. The number of nitrogens with zero attached hydrogens (tertiary/aromatic N) is 4. The van der Waals surface area contributed by atoms with E-state index >= 15 is 0 Å². The lowest BCUT2D eigenvalue weighted by Crippen LogP contribution is -2.47. The summed E-state index contributed by atoms with van der Waals surface area (Å²) in [4.78, 5) is 15.8. The molecule has 0 saturated carbocycles. The summed E-state index contributed by atoms with van der Waals surface area (Å²) in [6.07, 6.45) is 6.86. The summed E-state index contributed by atoms with van der Waals surface area (Å²) in [6, 6.07) is 5.77. The van der Waals surface area contributed by atoms with Gasteiger partial charge in [-0.1, -0.05) is 6.07 Å². The van der Waals surface area contributed by atoms with Crippen LogP contribution in [0.4, 0.5) is 5.82 Å². The predicted molar refractivity (Wildman–Crippen MR) is 121 cm³/mol. The molecule has 3 aromatic rings. The van der Waals surface area contributed by atoms with Crippen LogP contribution in [-0.2, 0) is 22.2 Å². The number of aromatic nitrogens is 3. The first kappa shape index (κ1) is 21.5. The number of aromatic hydroxyl groups is 1. The molecule has 0 atom stereocenters. The average Bonchev–Trinajstić information content (AvgIpc) is 3.17. The van der Waals surface area contributed by atoms with Crippen LogP contribution in [-0.4, -0.2) is 73.1 Å². The second kappa shape index (κ2) is 9.21. The largest absolute Gasteiger partial charge is 0.503 e. The van der Waals surface area contributed by atoms with Crippen LogP contribution in [0.1, 0.15) is 17.5 Å². The number of nitrogens with one attached hydrogen (secondary N) is 2. The number of rotatable bonds is 8. The molecule has 2 aromatic heterocycles. The normalized spacial score (nSPS) is 15.6. The highest BCUT2D eigenvalue weighted by Gasteiger charge is 2.20. The monoisotopic (exact) mass is 444 g/mol. The van der Waals surface area contributed by atoms with Gasteiger partial charge in [-0.15, -0.1) is 0 Å². The van der Waals surface area contributed by atoms with Crippen molar-refractivity contribution in [2.24, 2.45) is 0 Å². The smallest absolute Gasteiger partial charge is 0.215 e. The van der Waals surface area contributed by atoms with Gasteiger partial charge in [0.05, 0.1) is 11.9 Å². The molecule has 3 N–H and O–H groups in total. The Bertz CT molecular complexity index is 1140. The second-order valence-electron chi connectivity index (χ2n) is 7.82. The number of piperazine rings is 1. The minimum Gasteiger partial charge on any atom is -0.503 e. The first-order valence-electron chi connectivity index (χ1n) is 10.4. The van der Waals surface area contributed by atoms with Gasteiger partial charge in [-0.3, -0.25) is 4.90 Å². The third-order valence-electron chi connectivity index (χ3n) is 5.76. The SMILES string of the molecule is CNS(=O)(=O)Cc1ccc2[nH]cc(CCCN3CCN(c4ncncc4O)CC3)c2c1. The van der Waals surface area contributed by atoms with Gasteiger partial charge in [0.2, 0.25) is 10.0 Å². The van der Waals surface area contributed by atoms with Gasteiger partial charge in [0.15, 0.2) is 11.6 Å². The fourth-order valence-corrected chi connectivity index (χ4v) is 4.81. The van der Waals surface area contributed by atoms with E-state index in [4.69, 9.17) is 0 Å². The number of H-pyrrole nitrogens is 1. The lowest BCUT2D eigenvalue weighted by Gasteiger charge is -2.35. The molecule has 0 unspecified atom stereocenters. The summed E-state index contributed by atoms with van der Waals surface area (Å²) in [5, 5.41) is 11.0. The third kappa shape index (κ3) is 5.15. The van der Waals surface area contributed by atoms with Crippen molar-refractivity contribution < 1.29 is 13.5 Å². The molecule has 1 aromatic carbocycles. The van der Waals surface area contributed by atoms with E-state index in [0.717, 1.165) is 62.0 Å². The molecular formula is C21H28N6O3S. The number of fused-ring (bicyclic) bond motifs is 1. The zero-order valence-corrected chi connectivity index (χ0v) is 18.4. The summed E-state index contributed by atoms with van der Waals surface area (Å²) in [6.45, 7) is 4.47. The number of aryl methyl sites for hydroxylation is 1. The molecule has 0 amide bonds. The average molecular weight is 445 g/mol. The molecule has 0 radical (unpaired) electrons. The highest BCUT2D eigenvalue weighted by molar-refractivity contribution is 7.88. The van der Waals surface area contributed by atoms with E-state index in [-0.39, 0.29) is 11.5 Å². The standard InChI is InChI=1S/C21H28N6O3S/c1-22-31(29,30)14-16-4-5-19-18(11-16)17(12-24-19)3-2-6-26-7-9-27(10-8-26)21-20(28)13-23-15-25-21/h4-5,11-13,15,22,24,28H,2-3,6-10,14H2,1H3. The van der Waals surface area contributed by atoms with Gasteiger partial charge in [0.1, 0.15) is 6.33 Å². The molecule has 0 aliphatic carbocycles. The molecule has 3 heterocycles. The number of hydrogen-bond donors (Lipinski definition) is 3. The molecule has 0 bridgehead atoms. The second-order valence-corrected chi connectivity index (χ2v) is 9.75. The zero-order valence-electron chi connectivity index (χ0n) is 17.6. The van der Waals surface area contributed by atoms with Gasteiger partial charge in [-0.2, -0.15) is 0 Å². The van der Waals surface area contributed by atoms with Crippen LogP contribution >= 0.6 is 0 Å². The van der Waals surface area contributed by atoms with Crippen molar-refractivity contribution in [1.82, 2.24) is 24.6 Å². The summed E-state index contributed by atoms with van der Waals surface area (Å²) in [7, 11) is -1.85. The number of anilines is 1. The third-order valence-corrected chi connectivity index (χ3v) is 7.10. The van der Waals surface area contributed by atoms with Crippen molar-refractivity contribution in [3.8, 4) is 5.75 Å². The maximum absolute atomic E-state index is 11.9. The number of sulfonamides is 1. The molecule has 4 rings (SSSR count). The molecular weight excluding hydrogens is 416 g/mol. The molecule has 10 heteroatoms. The van der Waals surface area contributed by atoms with Crippen LogP contribution < -0.4 is 9.62 Å². The van der Waals surface area contributed by atoms with Crippen LogP contribution in [0.5, 0.6) is 5.75 Å². The zero-order chi connectivity index (χ0) is 21.8. The number of benzene rings is 1.